The molecular weight excluding hydrogens is 410 g/mol. The maximum Gasteiger partial charge on any atom is 0.333 e. The third-order valence-corrected chi connectivity index (χ3v) is 4.58. The maximum absolute atomic E-state index is 11.1. The Labute approximate surface area is 146 Å². The van der Waals surface area contributed by atoms with Crippen LogP contribution in [0.2, 0.25) is 0 Å². The molecule has 148 valence electrons. The van der Waals surface area contributed by atoms with Gasteiger partial charge in [0.05, 0.1) is 6.61 Å². The highest BCUT2D eigenvalue weighted by Gasteiger charge is 2.63. The van der Waals surface area contributed by atoms with Crippen LogP contribution in [0, 0.1) is 0 Å². The maximum atomic E-state index is 11.1. The molecule has 0 aromatic rings. The van der Waals surface area contributed by atoms with Crippen LogP contribution in [0.5, 0.6) is 0 Å². The molecule has 0 unspecified atom stereocenters. The molecule has 25 heavy (non-hydrogen) atoms. The Bertz CT molecular complexity index is 742. The average molecular weight is 427 g/mol. The molecule has 0 aliphatic carbocycles. The largest absolute Gasteiger partial charge is 0.343 e. The van der Waals surface area contributed by atoms with Crippen LogP contribution in [0.1, 0.15) is 13.8 Å². The van der Waals surface area contributed by atoms with E-state index < -0.39 is 75.4 Å². The summed E-state index contributed by atoms with van der Waals surface area (Å²) in [4.78, 5) is 0. The van der Waals surface area contributed by atoms with Crippen molar-refractivity contribution in [3.63, 3.8) is 0 Å². The lowest BCUT2D eigenvalue weighted by atomic mass is 9.98. The van der Waals surface area contributed by atoms with E-state index in [0.29, 0.717) is 0 Å². The Hall–Kier alpha value is -0.430. The summed E-state index contributed by atoms with van der Waals surface area (Å²) in [6.07, 6.45) is -4.28. The van der Waals surface area contributed by atoms with Crippen molar-refractivity contribution >= 4 is 32.3 Å². The van der Waals surface area contributed by atoms with Gasteiger partial charge in [0.15, 0.2) is 5.79 Å². The molecule has 0 spiro atoms. The van der Waals surface area contributed by atoms with Crippen molar-refractivity contribution in [3.05, 3.63) is 0 Å². The van der Waals surface area contributed by atoms with Crippen molar-refractivity contribution in [3.8, 4) is 0 Å². The van der Waals surface area contributed by atoms with Crippen molar-refractivity contribution in [1.82, 2.24) is 0 Å². The first-order valence-electron chi connectivity index (χ1n) is 6.65. The Morgan fingerprint density at radius 2 is 1.76 bits per heavy atom. The summed E-state index contributed by atoms with van der Waals surface area (Å²) in [7, 11) is -11.2. The van der Waals surface area contributed by atoms with E-state index in [0.717, 1.165) is 0 Å². The number of rotatable bonds is 7. The number of ether oxygens (including phenoxy) is 3. The molecule has 0 aromatic carbocycles. The van der Waals surface area contributed by atoms with Gasteiger partial charge in [-0.15, -0.1) is 0 Å². The Morgan fingerprint density at radius 1 is 1.16 bits per heavy atom. The van der Waals surface area contributed by atoms with E-state index >= 15 is 0 Å². The summed E-state index contributed by atoms with van der Waals surface area (Å²) in [5.41, 5.74) is 0. The minimum absolute atomic E-state index is 0.513. The van der Waals surface area contributed by atoms with Crippen LogP contribution in [0.15, 0.2) is 0 Å². The zero-order chi connectivity index (χ0) is 19.0. The smallest absolute Gasteiger partial charge is 0.333 e. The van der Waals surface area contributed by atoms with Gasteiger partial charge in [-0.25, -0.2) is 22.0 Å². The van der Waals surface area contributed by atoms with Gasteiger partial charge in [-0.3, -0.25) is 12.5 Å². The molecular formula is C9H17NO12S3. The van der Waals surface area contributed by atoms with Gasteiger partial charge < -0.3 is 14.2 Å². The van der Waals surface area contributed by atoms with E-state index in [1.165, 1.54) is 13.8 Å². The zero-order valence-corrected chi connectivity index (χ0v) is 15.5. The molecule has 0 aromatic heterocycles. The standard InChI is InChI=1S/C9H17NO12S3/c1-8(2)19-7-6(21-24(13)14)5(20-23(11)12)3-17-9(7,22-8)4-18-25(10,15)16/h5-7,23-24H,3-4H2,1-2H3,(H2,10,15,16)/t5-,6-,7+,9+/m0/s1. The summed E-state index contributed by atoms with van der Waals surface area (Å²) >= 11 is 0. The van der Waals surface area contributed by atoms with E-state index in [-0.39, 0.29) is 0 Å². The van der Waals surface area contributed by atoms with Gasteiger partial charge in [0, 0.05) is 0 Å². The van der Waals surface area contributed by atoms with Crippen LogP contribution >= 0.6 is 0 Å². The predicted octanol–water partition coefficient (Wildman–Crippen LogP) is -3.09. The third kappa shape index (κ3) is 5.28. The molecule has 0 radical (unpaired) electrons. The monoisotopic (exact) mass is 427 g/mol. The first-order valence-corrected chi connectivity index (χ1v) is 10.3. The number of hydrogen-bond acceptors (Lipinski definition) is 12. The highest BCUT2D eigenvalue weighted by Crippen LogP contribution is 2.44. The van der Waals surface area contributed by atoms with Crippen LogP contribution in [0.4, 0.5) is 0 Å². The molecule has 2 rings (SSSR count). The number of thiol groups is 2. The molecule has 0 bridgehead atoms. The molecule has 0 amide bonds. The average Bonchev–Trinajstić information content (AvgIpc) is 2.69. The molecule has 2 aliphatic heterocycles. The highest BCUT2D eigenvalue weighted by molar-refractivity contribution is 7.84. The topological polar surface area (TPSA) is 184 Å². The fourth-order valence-corrected chi connectivity index (χ4v) is 3.75. The number of nitrogens with two attached hydrogens (primary N) is 1. The fraction of sp³-hybridized carbons (Fsp3) is 1.00. The lowest BCUT2D eigenvalue weighted by molar-refractivity contribution is -0.295. The van der Waals surface area contributed by atoms with E-state index in [2.05, 4.69) is 8.37 Å². The summed E-state index contributed by atoms with van der Waals surface area (Å²) in [5, 5.41) is 4.77. The number of hydrogen-bond donors (Lipinski definition) is 3. The van der Waals surface area contributed by atoms with Crippen LogP contribution in [-0.4, -0.2) is 68.4 Å². The molecule has 2 heterocycles. The highest BCUT2D eigenvalue weighted by atomic mass is 32.2. The summed E-state index contributed by atoms with van der Waals surface area (Å²) in [6.45, 7) is 1.57. The summed E-state index contributed by atoms with van der Waals surface area (Å²) < 4.78 is 96.0. The molecule has 2 saturated heterocycles. The second-order valence-electron chi connectivity index (χ2n) is 5.58. The second-order valence-corrected chi connectivity index (χ2v) is 8.12. The van der Waals surface area contributed by atoms with Gasteiger partial charge >= 0.3 is 10.3 Å². The van der Waals surface area contributed by atoms with Crippen molar-refractivity contribution in [1.29, 1.82) is 0 Å². The quantitative estimate of drug-likeness (QED) is 0.348. The number of fused-ring (bicyclic) bond motifs is 1. The van der Waals surface area contributed by atoms with Crippen molar-refractivity contribution in [2.24, 2.45) is 5.14 Å². The van der Waals surface area contributed by atoms with Gasteiger partial charge in [-0.2, -0.15) is 8.42 Å². The van der Waals surface area contributed by atoms with Gasteiger partial charge in [-0.05, 0) is 13.8 Å². The minimum atomic E-state index is -4.38. The normalized spacial score (nSPS) is 35.2. The Morgan fingerprint density at radius 3 is 2.28 bits per heavy atom. The first-order chi connectivity index (χ1) is 11.3. The molecule has 2 fully saturated rings. The fourth-order valence-electron chi connectivity index (χ4n) is 2.58. The Balaban J connectivity index is 2.37. The van der Waals surface area contributed by atoms with Crippen molar-refractivity contribution in [2.45, 2.75) is 43.7 Å². The summed E-state index contributed by atoms with van der Waals surface area (Å²) in [6, 6.07) is 0. The molecule has 4 atom stereocenters. The van der Waals surface area contributed by atoms with E-state index in [9.17, 15) is 25.3 Å². The van der Waals surface area contributed by atoms with Gasteiger partial charge in [-0.1, -0.05) is 0 Å². The van der Waals surface area contributed by atoms with E-state index in [4.69, 9.17) is 23.5 Å². The second kappa shape index (κ2) is 7.29. The Kier molecular flexibility index (Phi) is 6.09. The third-order valence-electron chi connectivity index (χ3n) is 3.27. The lowest BCUT2D eigenvalue weighted by Crippen LogP contribution is -2.62. The van der Waals surface area contributed by atoms with Crippen LogP contribution in [0.25, 0.3) is 0 Å². The van der Waals surface area contributed by atoms with Gasteiger partial charge in [0.25, 0.3) is 22.0 Å². The predicted molar refractivity (Wildman–Crippen MR) is 78.2 cm³/mol. The lowest BCUT2D eigenvalue weighted by Gasteiger charge is -2.41. The SMILES string of the molecule is CC1(C)O[C@@H]2[C@@H](O[SH](=O)=O)[C@@H](O[SH](=O)=O)CO[C@]2(COS(N)(=O)=O)O1. The minimum Gasteiger partial charge on any atom is -0.343 e. The van der Waals surface area contributed by atoms with E-state index in [1.54, 1.807) is 0 Å². The van der Waals surface area contributed by atoms with Gasteiger partial charge in [0.1, 0.15) is 24.9 Å². The molecule has 13 nitrogen and oxygen atoms in total. The van der Waals surface area contributed by atoms with Crippen LogP contribution < -0.4 is 5.14 Å². The van der Waals surface area contributed by atoms with Crippen molar-refractivity contribution < 1.29 is 52.0 Å². The molecule has 0 saturated carbocycles. The van der Waals surface area contributed by atoms with Crippen molar-refractivity contribution in [2.75, 3.05) is 13.2 Å². The van der Waals surface area contributed by atoms with E-state index in [1.807, 2.05) is 0 Å². The summed E-state index contributed by atoms with van der Waals surface area (Å²) in [5.74, 6) is -3.28. The zero-order valence-electron chi connectivity index (χ0n) is 12.9. The van der Waals surface area contributed by atoms with Gasteiger partial charge in [0.2, 0.25) is 5.79 Å². The van der Waals surface area contributed by atoms with Crippen LogP contribution in [-0.2, 0) is 59.0 Å². The van der Waals surface area contributed by atoms with Crippen LogP contribution in [0.3, 0.4) is 0 Å². The molecule has 2 aliphatic rings. The first kappa shape index (κ1) is 20.9. The molecule has 16 heteroatoms. The molecule has 2 N–H and O–H groups in total.